The molecule has 0 unspecified atom stereocenters. The largest absolute Gasteiger partial charge is 0.272 e. The van der Waals surface area contributed by atoms with Crippen molar-refractivity contribution in [3.05, 3.63) is 34.3 Å². The van der Waals surface area contributed by atoms with Crippen molar-refractivity contribution in [2.24, 2.45) is 28.8 Å². The lowest BCUT2D eigenvalue weighted by molar-refractivity contribution is 0.0280. The van der Waals surface area contributed by atoms with E-state index in [1.54, 1.807) is 0 Å². The molecule has 4 atom stereocenters. The third kappa shape index (κ3) is 2.75. The summed E-state index contributed by atoms with van der Waals surface area (Å²) in [7, 11) is 0. The van der Waals surface area contributed by atoms with Crippen molar-refractivity contribution >= 4 is 27.5 Å². The Balaban J connectivity index is 1.45. The van der Waals surface area contributed by atoms with E-state index in [1.165, 1.54) is 44.2 Å². The van der Waals surface area contributed by atoms with Crippen molar-refractivity contribution in [1.82, 2.24) is 5.43 Å². The minimum absolute atomic E-state index is 0.120. The molecule has 0 saturated heterocycles. The van der Waals surface area contributed by atoms with E-state index >= 15 is 0 Å². The van der Waals surface area contributed by atoms with Gasteiger partial charge in [0.05, 0.1) is 5.56 Å². The molecule has 3 aliphatic carbocycles. The molecule has 0 spiro atoms. The van der Waals surface area contributed by atoms with Gasteiger partial charge in [-0.15, -0.1) is 0 Å². The summed E-state index contributed by atoms with van der Waals surface area (Å²) in [6.07, 6.45) is 9.31. The number of carbonyl (C=O) groups excluding carboxylic acids is 1. The van der Waals surface area contributed by atoms with Crippen molar-refractivity contribution < 1.29 is 4.79 Å². The summed E-state index contributed by atoms with van der Waals surface area (Å²) in [4.78, 5) is 12.3. The lowest BCUT2D eigenvalue weighted by atomic mass is 9.56. The molecule has 0 heterocycles. The molecule has 1 aromatic rings. The number of carbonyl (C=O) groups is 1. The van der Waals surface area contributed by atoms with Crippen LogP contribution in [0, 0.1) is 23.7 Å². The van der Waals surface area contributed by atoms with E-state index in [1.807, 2.05) is 24.3 Å². The zero-order chi connectivity index (χ0) is 15.8. The Labute approximate surface area is 146 Å². The van der Waals surface area contributed by atoms with Crippen molar-refractivity contribution in [3.63, 3.8) is 0 Å². The molecule has 0 radical (unpaired) electrons. The van der Waals surface area contributed by atoms with Gasteiger partial charge in [0, 0.05) is 16.1 Å². The van der Waals surface area contributed by atoms with Crippen LogP contribution in [-0.4, -0.2) is 11.6 Å². The van der Waals surface area contributed by atoms with Gasteiger partial charge in [-0.1, -0.05) is 31.4 Å². The van der Waals surface area contributed by atoms with E-state index in [0.717, 1.165) is 28.6 Å². The normalized spacial score (nSPS) is 34.2. The molecule has 4 heteroatoms. The molecule has 23 heavy (non-hydrogen) atoms. The summed E-state index contributed by atoms with van der Waals surface area (Å²) in [5.74, 6) is 3.15. The van der Waals surface area contributed by atoms with Crippen LogP contribution in [0.2, 0.25) is 0 Å². The maximum atomic E-state index is 12.3. The highest BCUT2D eigenvalue weighted by Crippen LogP contribution is 2.58. The van der Waals surface area contributed by atoms with Gasteiger partial charge in [0.25, 0.3) is 5.91 Å². The molecule has 1 aromatic carbocycles. The van der Waals surface area contributed by atoms with Crippen molar-refractivity contribution in [2.45, 2.75) is 44.9 Å². The fraction of sp³-hybridized carbons (Fsp3) is 0.579. The summed E-state index contributed by atoms with van der Waals surface area (Å²) in [5.41, 5.74) is 4.69. The summed E-state index contributed by atoms with van der Waals surface area (Å²) >= 11 is 3.43. The topological polar surface area (TPSA) is 41.5 Å². The van der Waals surface area contributed by atoms with E-state index in [4.69, 9.17) is 0 Å². The molecule has 4 rings (SSSR count). The van der Waals surface area contributed by atoms with Gasteiger partial charge < -0.3 is 0 Å². The number of hydrazone groups is 1. The maximum absolute atomic E-state index is 12.3. The molecule has 3 aliphatic rings. The average Bonchev–Trinajstić information content (AvgIpc) is 2.78. The van der Waals surface area contributed by atoms with E-state index in [-0.39, 0.29) is 5.91 Å². The number of amides is 1. The summed E-state index contributed by atoms with van der Waals surface area (Å²) in [6.45, 7) is 0. The molecule has 0 aromatic heterocycles. The Morgan fingerprint density at radius 2 is 1.78 bits per heavy atom. The SMILES string of the molecule is O=C(N/N=C1\CC[C@@H]2[C@H]3CCCCC[C@@H]3[C@@H]12)c1ccccc1Br. The molecular weight excluding hydrogens is 352 g/mol. The molecular formula is C19H23BrN2O. The molecule has 1 N–H and O–H groups in total. The quantitative estimate of drug-likeness (QED) is 0.744. The number of hydrogen-bond donors (Lipinski definition) is 1. The standard InChI is InChI=1S/C19H23BrN2O/c20-16-9-5-4-8-15(16)19(23)22-21-17-11-10-14-12-6-2-1-3-7-13(12)18(14)17/h4-5,8-9,12-14,18H,1-3,6-7,10-11H2,(H,22,23)/b21-17+/t12-,13-,14+,18+/m0/s1. The van der Waals surface area contributed by atoms with Crippen LogP contribution in [0.25, 0.3) is 0 Å². The first-order chi connectivity index (χ1) is 11.3. The van der Waals surface area contributed by atoms with Crippen LogP contribution in [0.5, 0.6) is 0 Å². The van der Waals surface area contributed by atoms with Crippen LogP contribution in [0.4, 0.5) is 0 Å². The predicted octanol–water partition coefficient (Wildman–Crippen LogP) is 4.77. The molecule has 3 fully saturated rings. The highest BCUT2D eigenvalue weighted by Gasteiger charge is 2.54. The first kappa shape index (κ1) is 15.4. The van der Waals surface area contributed by atoms with Gasteiger partial charge in [-0.3, -0.25) is 4.79 Å². The van der Waals surface area contributed by atoms with Crippen LogP contribution >= 0.6 is 15.9 Å². The number of fused-ring (bicyclic) bond motifs is 4. The van der Waals surface area contributed by atoms with Crippen molar-refractivity contribution in [1.29, 1.82) is 0 Å². The second kappa shape index (κ2) is 6.39. The van der Waals surface area contributed by atoms with Gasteiger partial charge >= 0.3 is 0 Å². The Hall–Kier alpha value is -1.16. The Morgan fingerprint density at radius 3 is 2.61 bits per heavy atom. The Bertz CT molecular complexity index is 642. The number of halogens is 1. The minimum Gasteiger partial charge on any atom is -0.267 e. The van der Waals surface area contributed by atoms with Crippen LogP contribution < -0.4 is 5.43 Å². The molecule has 0 aliphatic heterocycles. The number of nitrogens with one attached hydrogen (secondary N) is 1. The molecule has 122 valence electrons. The summed E-state index contributed by atoms with van der Waals surface area (Å²) in [5, 5.41) is 4.54. The Kier molecular flexibility index (Phi) is 4.27. The third-order valence-corrected chi connectivity index (χ3v) is 6.83. The number of nitrogens with zero attached hydrogens (tertiary/aromatic N) is 1. The van der Waals surface area contributed by atoms with Crippen molar-refractivity contribution in [3.8, 4) is 0 Å². The average molecular weight is 375 g/mol. The fourth-order valence-electron chi connectivity index (χ4n) is 5.11. The lowest BCUT2D eigenvalue weighted by Crippen LogP contribution is -2.46. The van der Waals surface area contributed by atoms with E-state index in [2.05, 4.69) is 26.5 Å². The lowest BCUT2D eigenvalue weighted by Gasteiger charge is -2.48. The van der Waals surface area contributed by atoms with Gasteiger partial charge in [0.2, 0.25) is 0 Å². The zero-order valence-electron chi connectivity index (χ0n) is 13.3. The Morgan fingerprint density at radius 1 is 1.04 bits per heavy atom. The molecule has 3 nitrogen and oxygen atoms in total. The summed E-state index contributed by atoms with van der Waals surface area (Å²) < 4.78 is 0.814. The van der Waals surface area contributed by atoms with Crippen LogP contribution in [0.1, 0.15) is 55.3 Å². The minimum atomic E-state index is -0.120. The highest BCUT2D eigenvalue weighted by atomic mass is 79.9. The zero-order valence-corrected chi connectivity index (χ0v) is 14.9. The van der Waals surface area contributed by atoms with Gasteiger partial charge in [0.15, 0.2) is 0 Å². The maximum Gasteiger partial charge on any atom is 0.272 e. The highest BCUT2D eigenvalue weighted by molar-refractivity contribution is 9.10. The van der Waals surface area contributed by atoms with Crippen molar-refractivity contribution in [2.75, 3.05) is 0 Å². The monoisotopic (exact) mass is 374 g/mol. The van der Waals surface area contributed by atoms with E-state index < -0.39 is 0 Å². The second-order valence-electron chi connectivity index (χ2n) is 7.22. The number of benzene rings is 1. The fourth-order valence-corrected chi connectivity index (χ4v) is 5.57. The van der Waals surface area contributed by atoms with Gasteiger partial charge in [-0.25, -0.2) is 5.43 Å². The first-order valence-corrected chi connectivity index (χ1v) is 9.66. The number of rotatable bonds is 2. The van der Waals surface area contributed by atoms with Crippen LogP contribution in [0.15, 0.2) is 33.8 Å². The van der Waals surface area contributed by atoms with Gasteiger partial charge in [0.1, 0.15) is 0 Å². The van der Waals surface area contributed by atoms with Gasteiger partial charge in [-0.05, 0) is 71.5 Å². The smallest absolute Gasteiger partial charge is 0.267 e. The predicted molar refractivity (Wildman–Crippen MR) is 95.3 cm³/mol. The van der Waals surface area contributed by atoms with Gasteiger partial charge in [-0.2, -0.15) is 5.10 Å². The third-order valence-electron chi connectivity index (χ3n) is 6.14. The summed E-state index contributed by atoms with van der Waals surface area (Å²) in [6, 6.07) is 7.49. The van der Waals surface area contributed by atoms with Crippen LogP contribution in [-0.2, 0) is 0 Å². The number of hydrogen-bond acceptors (Lipinski definition) is 2. The second-order valence-corrected chi connectivity index (χ2v) is 8.07. The first-order valence-electron chi connectivity index (χ1n) is 8.87. The van der Waals surface area contributed by atoms with Crippen LogP contribution in [0.3, 0.4) is 0 Å². The molecule has 3 saturated carbocycles. The van der Waals surface area contributed by atoms with E-state index in [9.17, 15) is 4.79 Å². The molecule has 0 bridgehead atoms. The molecule has 1 amide bonds. The van der Waals surface area contributed by atoms with E-state index in [0.29, 0.717) is 11.5 Å².